The first-order chi connectivity index (χ1) is 9.11. The molecule has 0 radical (unpaired) electrons. The van der Waals surface area contributed by atoms with Crippen LogP contribution in [0.5, 0.6) is 0 Å². The van der Waals surface area contributed by atoms with Gasteiger partial charge in [0.05, 0.1) is 12.5 Å². The van der Waals surface area contributed by atoms with Gasteiger partial charge in [0.2, 0.25) is 5.91 Å². The highest BCUT2D eigenvalue weighted by atomic mass is 79.9. The zero-order valence-electron chi connectivity index (χ0n) is 9.97. The molecule has 0 spiro atoms. The molecule has 0 aliphatic rings. The highest BCUT2D eigenvalue weighted by molar-refractivity contribution is 9.10. The summed E-state index contributed by atoms with van der Waals surface area (Å²) in [5.74, 6) is 0.504. The summed E-state index contributed by atoms with van der Waals surface area (Å²) in [7, 11) is 0. The number of ether oxygens (including phenoxy) is 1. The van der Waals surface area contributed by atoms with Crippen molar-refractivity contribution in [2.45, 2.75) is 12.4 Å². The molecule has 2 heterocycles. The quantitative estimate of drug-likeness (QED) is 0.633. The third-order valence-corrected chi connectivity index (χ3v) is 3.13. The topological polar surface area (TPSA) is 83.0 Å². The standard InChI is InChI=1S/C11H12BrClN4O2/c12-7-3-8-11(15-5-7)17(10(4-13)16-8)1-2-19-6-9(14)18/h3,5H,1-2,4,6H2,(H2,14,18). The lowest BCUT2D eigenvalue weighted by Gasteiger charge is -2.07. The minimum absolute atomic E-state index is 0.0954. The van der Waals surface area contributed by atoms with Crippen LogP contribution in [0.4, 0.5) is 0 Å². The normalized spacial score (nSPS) is 11.1. The van der Waals surface area contributed by atoms with Crippen molar-refractivity contribution in [1.29, 1.82) is 0 Å². The summed E-state index contributed by atoms with van der Waals surface area (Å²) in [5.41, 5.74) is 6.49. The predicted octanol–water partition coefficient (Wildman–Crippen LogP) is 1.43. The van der Waals surface area contributed by atoms with Crippen molar-refractivity contribution in [2.75, 3.05) is 13.2 Å². The van der Waals surface area contributed by atoms with Crippen LogP contribution in [0.25, 0.3) is 11.2 Å². The van der Waals surface area contributed by atoms with E-state index >= 15 is 0 Å². The van der Waals surface area contributed by atoms with Gasteiger partial charge in [-0.05, 0) is 22.0 Å². The second-order valence-corrected chi connectivity index (χ2v) is 5.01. The van der Waals surface area contributed by atoms with Crippen LogP contribution in [0.2, 0.25) is 0 Å². The molecule has 19 heavy (non-hydrogen) atoms. The summed E-state index contributed by atoms with van der Waals surface area (Å²) in [5, 5.41) is 0. The van der Waals surface area contributed by atoms with Crippen molar-refractivity contribution in [3.8, 4) is 0 Å². The van der Waals surface area contributed by atoms with Gasteiger partial charge in [-0.15, -0.1) is 11.6 Å². The van der Waals surface area contributed by atoms with E-state index in [4.69, 9.17) is 22.1 Å². The van der Waals surface area contributed by atoms with Crippen molar-refractivity contribution < 1.29 is 9.53 Å². The predicted molar refractivity (Wildman–Crippen MR) is 74.8 cm³/mol. The number of halogens is 2. The first-order valence-corrected chi connectivity index (χ1v) is 6.87. The summed E-state index contributed by atoms with van der Waals surface area (Å²) in [6.07, 6.45) is 1.70. The van der Waals surface area contributed by atoms with Crippen LogP contribution >= 0.6 is 27.5 Å². The number of hydrogen-bond donors (Lipinski definition) is 1. The molecule has 2 aromatic heterocycles. The molecule has 0 aliphatic carbocycles. The zero-order chi connectivity index (χ0) is 13.8. The van der Waals surface area contributed by atoms with Crippen molar-refractivity contribution >= 4 is 44.6 Å². The maximum atomic E-state index is 10.6. The maximum absolute atomic E-state index is 10.6. The van der Waals surface area contributed by atoms with Gasteiger partial charge in [0.1, 0.15) is 17.9 Å². The van der Waals surface area contributed by atoms with Crippen molar-refractivity contribution in [1.82, 2.24) is 14.5 Å². The molecule has 0 unspecified atom stereocenters. The maximum Gasteiger partial charge on any atom is 0.243 e. The third-order valence-electron chi connectivity index (χ3n) is 2.45. The largest absolute Gasteiger partial charge is 0.370 e. The molecule has 6 nitrogen and oxygen atoms in total. The fourth-order valence-electron chi connectivity index (χ4n) is 1.70. The van der Waals surface area contributed by atoms with Crippen LogP contribution < -0.4 is 5.73 Å². The summed E-state index contributed by atoms with van der Waals surface area (Å²) < 4.78 is 7.87. The molecule has 0 saturated carbocycles. The Kier molecular flexibility index (Phi) is 4.73. The molecule has 0 fully saturated rings. The first-order valence-electron chi connectivity index (χ1n) is 5.54. The molecule has 102 valence electrons. The third kappa shape index (κ3) is 3.43. The Morgan fingerprint density at radius 1 is 1.58 bits per heavy atom. The summed E-state index contributed by atoms with van der Waals surface area (Å²) in [4.78, 5) is 19.3. The number of fused-ring (bicyclic) bond motifs is 1. The Morgan fingerprint density at radius 2 is 2.37 bits per heavy atom. The van der Waals surface area contributed by atoms with E-state index in [1.807, 2.05) is 10.6 Å². The molecule has 0 aromatic carbocycles. The van der Waals surface area contributed by atoms with Gasteiger partial charge < -0.3 is 15.0 Å². The smallest absolute Gasteiger partial charge is 0.243 e. The fraction of sp³-hybridized carbons (Fsp3) is 0.364. The average molecular weight is 348 g/mol. The van der Waals surface area contributed by atoms with Crippen molar-refractivity contribution in [3.05, 3.63) is 22.6 Å². The van der Waals surface area contributed by atoms with Gasteiger partial charge in [-0.25, -0.2) is 9.97 Å². The number of imidazole rings is 1. The fourth-order valence-corrected chi connectivity index (χ4v) is 2.22. The summed E-state index contributed by atoms with van der Waals surface area (Å²) >= 11 is 9.22. The van der Waals surface area contributed by atoms with E-state index in [0.717, 1.165) is 15.6 Å². The lowest BCUT2D eigenvalue weighted by Crippen LogP contribution is -2.20. The zero-order valence-corrected chi connectivity index (χ0v) is 12.3. The number of pyridine rings is 1. The molecular formula is C11H12BrClN4O2. The molecule has 2 N–H and O–H groups in total. The second kappa shape index (κ2) is 6.31. The number of primary amides is 1. The van der Waals surface area contributed by atoms with E-state index < -0.39 is 5.91 Å². The van der Waals surface area contributed by atoms with Gasteiger partial charge in [-0.2, -0.15) is 0 Å². The van der Waals surface area contributed by atoms with E-state index in [9.17, 15) is 4.79 Å². The molecule has 0 atom stereocenters. The van der Waals surface area contributed by atoms with Crippen LogP contribution in [-0.2, 0) is 22.0 Å². The van der Waals surface area contributed by atoms with E-state index in [1.165, 1.54) is 0 Å². The number of nitrogens with zero attached hydrogens (tertiary/aromatic N) is 3. The number of alkyl halides is 1. The van der Waals surface area contributed by atoms with Gasteiger partial charge >= 0.3 is 0 Å². The number of aromatic nitrogens is 3. The lowest BCUT2D eigenvalue weighted by molar-refractivity contribution is -0.122. The van der Waals surface area contributed by atoms with Crippen LogP contribution in [0, 0.1) is 0 Å². The first kappa shape index (κ1) is 14.2. The Labute approximate surface area is 123 Å². The molecule has 2 aromatic rings. The van der Waals surface area contributed by atoms with Crippen LogP contribution in [-0.4, -0.2) is 33.7 Å². The van der Waals surface area contributed by atoms with E-state index in [-0.39, 0.29) is 12.5 Å². The number of amides is 1. The monoisotopic (exact) mass is 346 g/mol. The van der Waals surface area contributed by atoms with Gasteiger partial charge in [0.15, 0.2) is 5.65 Å². The molecule has 8 heteroatoms. The Balaban J connectivity index is 2.18. The highest BCUT2D eigenvalue weighted by Gasteiger charge is 2.11. The molecule has 2 rings (SSSR count). The Morgan fingerprint density at radius 3 is 3.05 bits per heavy atom. The van der Waals surface area contributed by atoms with Gasteiger partial charge in [-0.3, -0.25) is 4.79 Å². The van der Waals surface area contributed by atoms with Gasteiger partial charge in [0, 0.05) is 17.2 Å². The van der Waals surface area contributed by atoms with Gasteiger partial charge in [-0.1, -0.05) is 0 Å². The molecule has 0 aliphatic heterocycles. The van der Waals surface area contributed by atoms with E-state index in [2.05, 4.69) is 25.9 Å². The van der Waals surface area contributed by atoms with Crippen molar-refractivity contribution in [2.24, 2.45) is 5.73 Å². The van der Waals surface area contributed by atoms with Crippen LogP contribution in [0.3, 0.4) is 0 Å². The molecule has 0 saturated heterocycles. The minimum atomic E-state index is -0.491. The van der Waals surface area contributed by atoms with E-state index in [0.29, 0.717) is 19.0 Å². The highest BCUT2D eigenvalue weighted by Crippen LogP contribution is 2.19. The van der Waals surface area contributed by atoms with E-state index in [1.54, 1.807) is 6.20 Å². The minimum Gasteiger partial charge on any atom is -0.370 e. The summed E-state index contributed by atoms with van der Waals surface area (Å²) in [6, 6.07) is 1.87. The lowest BCUT2D eigenvalue weighted by atomic mass is 10.4. The van der Waals surface area contributed by atoms with Crippen LogP contribution in [0.1, 0.15) is 5.82 Å². The Bertz CT molecular complexity index is 602. The molecule has 0 bridgehead atoms. The molecular weight excluding hydrogens is 336 g/mol. The summed E-state index contributed by atoms with van der Waals surface area (Å²) in [6.45, 7) is 0.762. The molecule has 1 amide bonds. The number of hydrogen-bond acceptors (Lipinski definition) is 4. The number of nitrogens with two attached hydrogens (primary N) is 1. The number of rotatable bonds is 6. The number of carbonyl (C=O) groups is 1. The van der Waals surface area contributed by atoms with Crippen molar-refractivity contribution in [3.63, 3.8) is 0 Å². The Hall–Kier alpha value is -1.18. The second-order valence-electron chi connectivity index (χ2n) is 3.83. The number of carbonyl (C=O) groups excluding carboxylic acids is 1. The SMILES string of the molecule is NC(=O)COCCn1c(CCl)nc2cc(Br)cnc21. The average Bonchev–Trinajstić information content (AvgIpc) is 2.71. The van der Waals surface area contributed by atoms with Gasteiger partial charge in [0.25, 0.3) is 0 Å². The van der Waals surface area contributed by atoms with Crippen LogP contribution in [0.15, 0.2) is 16.7 Å².